The molecule has 1 nitrogen and oxygen atoms in total. The van der Waals surface area contributed by atoms with Crippen LogP contribution in [0, 0.1) is 11.8 Å². The Hall–Kier alpha value is -0.300. The quantitative estimate of drug-likeness (QED) is 0.556. The molecule has 0 aromatic heterocycles. The summed E-state index contributed by atoms with van der Waals surface area (Å²) in [6, 6.07) is 0.735. The van der Waals surface area contributed by atoms with Crippen molar-refractivity contribution in [3.05, 3.63) is 12.2 Å². The molecule has 0 radical (unpaired) electrons. The first-order valence-corrected chi connectivity index (χ1v) is 8.55. The van der Waals surface area contributed by atoms with Crippen molar-refractivity contribution in [3.63, 3.8) is 0 Å². The second kappa shape index (κ2) is 9.58. The number of hydrogen-bond acceptors (Lipinski definition) is 1. The maximum atomic E-state index is 4.06. The highest BCUT2D eigenvalue weighted by atomic mass is 14.9. The summed E-state index contributed by atoms with van der Waals surface area (Å²) in [7, 11) is 0. The summed E-state index contributed by atoms with van der Waals surface area (Å²) in [6.45, 7) is 12.0. The fourth-order valence-corrected chi connectivity index (χ4v) is 3.52. The van der Waals surface area contributed by atoms with Gasteiger partial charge < -0.3 is 5.32 Å². The SMILES string of the molecule is C=C(C)CCC(NCCC)C1CCC(CCC)CC1. The summed E-state index contributed by atoms with van der Waals surface area (Å²) in [4.78, 5) is 0. The molecular formula is C18H35N. The van der Waals surface area contributed by atoms with Gasteiger partial charge in [-0.25, -0.2) is 0 Å². The Morgan fingerprint density at radius 3 is 2.37 bits per heavy atom. The highest BCUT2D eigenvalue weighted by Crippen LogP contribution is 2.34. The van der Waals surface area contributed by atoms with E-state index in [1.807, 2.05) is 0 Å². The van der Waals surface area contributed by atoms with Crippen molar-refractivity contribution in [3.8, 4) is 0 Å². The van der Waals surface area contributed by atoms with Crippen LogP contribution in [-0.2, 0) is 0 Å². The van der Waals surface area contributed by atoms with Crippen LogP contribution in [0.3, 0.4) is 0 Å². The molecule has 1 saturated carbocycles. The Morgan fingerprint density at radius 1 is 1.16 bits per heavy atom. The van der Waals surface area contributed by atoms with Crippen molar-refractivity contribution in [1.82, 2.24) is 5.32 Å². The third kappa shape index (κ3) is 6.61. The van der Waals surface area contributed by atoms with Gasteiger partial charge in [0.25, 0.3) is 0 Å². The second-order valence-corrected chi connectivity index (χ2v) is 6.63. The molecule has 1 atom stereocenters. The minimum atomic E-state index is 0.735. The number of allylic oxidation sites excluding steroid dienone is 1. The van der Waals surface area contributed by atoms with Gasteiger partial charge in [-0.15, -0.1) is 6.58 Å². The van der Waals surface area contributed by atoms with E-state index < -0.39 is 0 Å². The predicted octanol–water partition coefficient (Wildman–Crippen LogP) is 5.32. The lowest BCUT2D eigenvalue weighted by Crippen LogP contribution is -2.38. The summed E-state index contributed by atoms with van der Waals surface area (Å²) in [5.74, 6) is 1.94. The van der Waals surface area contributed by atoms with Gasteiger partial charge in [0.05, 0.1) is 0 Å². The zero-order chi connectivity index (χ0) is 14.1. The number of nitrogens with one attached hydrogen (secondary N) is 1. The van der Waals surface area contributed by atoms with Crippen LogP contribution in [0.25, 0.3) is 0 Å². The van der Waals surface area contributed by atoms with Crippen molar-refractivity contribution in [1.29, 1.82) is 0 Å². The first-order valence-electron chi connectivity index (χ1n) is 8.55. The van der Waals surface area contributed by atoms with Crippen molar-refractivity contribution in [2.24, 2.45) is 11.8 Å². The molecule has 1 rings (SSSR count). The minimum absolute atomic E-state index is 0.735. The average Bonchev–Trinajstić information content (AvgIpc) is 2.40. The van der Waals surface area contributed by atoms with Crippen LogP contribution in [0.15, 0.2) is 12.2 Å². The van der Waals surface area contributed by atoms with Gasteiger partial charge >= 0.3 is 0 Å². The van der Waals surface area contributed by atoms with Gasteiger partial charge in [-0.05, 0) is 57.4 Å². The monoisotopic (exact) mass is 265 g/mol. The second-order valence-electron chi connectivity index (χ2n) is 6.63. The zero-order valence-electron chi connectivity index (χ0n) is 13.5. The molecule has 1 unspecified atom stereocenters. The van der Waals surface area contributed by atoms with E-state index in [9.17, 15) is 0 Å². The Labute approximate surface area is 121 Å². The first-order chi connectivity index (χ1) is 9.17. The van der Waals surface area contributed by atoms with Gasteiger partial charge in [-0.1, -0.05) is 45.1 Å². The van der Waals surface area contributed by atoms with Gasteiger partial charge in [0.1, 0.15) is 0 Å². The topological polar surface area (TPSA) is 12.0 Å². The van der Waals surface area contributed by atoms with E-state index in [0.717, 1.165) is 17.9 Å². The van der Waals surface area contributed by atoms with E-state index in [4.69, 9.17) is 0 Å². The summed E-state index contributed by atoms with van der Waals surface area (Å²) in [5, 5.41) is 3.80. The number of hydrogen-bond donors (Lipinski definition) is 1. The van der Waals surface area contributed by atoms with E-state index in [2.05, 4.69) is 32.7 Å². The standard InChI is InChI=1S/C18H35N/c1-5-7-16-9-11-17(12-10-16)18(19-14-6-2)13-8-15(3)4/h16-19H,3,5-14H2,1-2,4H3. The Morgan fingerprint density at radius 2 is 1.84 bits per heavy atom. The zero-order valence-corrected chi connectivity index (χ0v) is 13.5. The molecule has 0 saturated heterocycles. The van der Waals surface area contributed by atoms with Crippen LogP contribution in [0.2, 0.25) is 0 Å². The van der Waals surface area contributed by atoms with Crippen LogP contribution >= 0.6 is 0 Å². The molecule has 112 valence electrons. The average molecular weight is 265 g/mol. The van der Waals surface area contributed by atoms with E-state index >= 15 is 0 Å². The van der Waals surface area contributed by atoms with Crippen LogP contribution in [0.1, 0.15) is 78.6 Å². The van der Waals surface area contributed by atoms with Crippen molar-refractivity contribution >= 4 is 0 Å². The highest BCUT2D eigenvalue weighted by Gasteiger charge is 2.26. The Bertz CT molecular complexity index is 238. The molecule has 1 aliphatic rings. The largest absolute Gasteiger partial charge is 0.314 e. The molecule has 0 aromatic rings. The van der Waals surface area contributed by atoms with E-state index in [1.54, 1.807) is 0 Å². The molecule has 1 aliphatic carbocycles. The maximum absolute atomic E-state index is 4.06. The van der Waals surface area contributed by atoms with E-state index in [-0.39, 0.29) is 0 Å². The maximum Gasteiger partial charge on any atom is 0.00983 e. The lowest BCUT2D eigenvalue weighted by Gasteiger charge is -2.34. The smallest absolute Gasteiger partial charge is 0.00983 e. The summed E-state index contributed by atoms with van der Waals surface area (Å²) >= 11 is 0. The molecular weight excluding hydrogens is 230 g/mol. The molecule has 0 aliphatic heterocycles. The molecule has 0 spiro atoms. The Balaban J connectivity index is 2.39. The highest BCUT2D eigenvalue weighted by molar-refractivity contribution is 4.91. The third-order valence-corrected chi connectivity index (χ3v) is 4.70. The fraction of sp³-hybridized carbons (Fsp3) is 0.889. The predicted molar refractivity (Wildman–Crippen MR) is 86.5 cm³/mol. The van der Waals surface area contributed by atoms with E-state index in [1.165, 1.54) is 69.9 Å². The first kappa shape index (κ1) is 16.8. The molecule has 19 heavy (non-hydrogen) atoms. The van der Waals surface area contributed by atoms with E-state index in [0.29, 0.717) is 0 Å². The van der Waals surface area contributed by atoms with Crippen LogP contribution in [-0.4, -0.2) is 12.6 Å². The van der Waals surface area contributed by atoms with Crippen molar-refractivity contribution < 1.29 is 0 Å². The van der Waals surface area contributed by atoms with Gasteiger partial charge in [0.2, 0.25) is 0 Å². The van der Waals surface area contributed by atoms with Gasteiger partial charge in [-0.3, -0.25) is 0 Å². The summed E-state index contributed by atoms with van der Waals surface area (Å²) in [5.41, 5.74) is 1.34. The van der Waals surface area contributed by atoms with Crippen molar-refractivity contribution in [2.45, 2.75) is 84.6 Å². The fourth-order valence-electron chi connectivity index (χ4n) is 3.52. The lowest BCUT2D eigenvalue weighted by molar-refractivity contribution is 0.207. The molecule has 0 bridgehead atoms. The van der Waals surface area contributed by atoms with Crippen molar-refractivity contribution in [2.75, 3.05) is 6.54 Å². The Kier molecular flexibility index (Phi) is 8.45. The normalized spacial score (nSPS) is 25.2. The third-order valence-electron chi connectivity index (χ3n) is 4.70. The van der Waals surface area contributed by atoms with Crippen LogP contribution in [0.4, 0.5) is 0 Å². The lowest BCUT2D eigenvalue weighted by atomic mass is 9.76. The molecule has 0 aromatic carbocycles. The molecule has 1 fully saturated rings. The summed E-state index contributed by atoms with van der Waals surface area (Å²) in [6.07, 6.45) is 12.4. The van der Waals surface area contributed by atoms with Gasteiger partial charge in [0, 0.05) is 6.04 Å². The van der Waals surface area contributed by atoms with Gasteiger partial charge in [-0.2, -0.15) is 0 Å². The van der Waals surface area contributed by atoms with Crippen LogP contribution in [0.5, 0.6) is 0 Å². The number of rotatable bonds is 9. The van der Waals surface area contributed by atoms with Gasteiger partial charge in [0.15, 0.2) is 0 Å². The molecule has 1 N–H and O–H groups in total. The molecule has 0 amide bonds. The minimum Gasteiger partial charge on any atom is -0.314 e. The molecule has 0 heterocycles. The molecule has 1 heteroatoms. The van der Waals surface area contributed by atoms with Crippen LogP contribution < -0.4 is 5.32 Å². The summed E-state index contributed by atoms with van der Waals surface area (Å²) < 4.78 is 0.